The molecule has 0 saturated carbocycles. The van der Waals surface area contributed by atoms with Gasteiger partial charge in [0.2, 0.25) is 18.6 Å². The summed E-state index contributed by atoms with van der Waals surface area (Å²) in [4.78, 5) is 30.7. The highest BCUT2D eigenvalue weighted by atomic mass is 16.7. The van der Waals surface area contributed by atoms with E-state index in [1.54, 1.807) is 23.1 Å². The normalized spacial score (nSPS) is 18.3. The number of rotatable bonds is 5. The minimum Gasteiger partial charge on any atom is -0.484 e. The SMILES string of the molecule is CC(C)[C@@H]1C(=O)NCCN1C(=O)c1coc(COc2ccc3c(c2)OCO3)n1. The number of ether oxygens (including phenoxy) is 3. The molecular weight excluding hydrogens is 366 g/mol. The third-order valence-corrected chi connectivity index (χ3v) is 4.63. The smallest absolute Gasteiger partial charge is 0.276 e. The van der Waals surface area contributed by atoms with Gasteiger partial charge in [-0.25, -0.2) is 4.98 Å². The van der Waals surface area contributed by atoms with Crippen molar-refractivity contribution < 1.29 is 28.2 Å². The highest BCUT2D eigenvalue weighted by molar-refractivity contribution is 5.96. The number of nitrogens with one attached hydrogen (secondary N) is 1. The van der Waals surface area contributed by atoms with Gasteiger partial charge >= 0.3 is 0 Å². The Balaban J connectivity index is 1.42. The van der Waals surface area contributed by atoms with Crippen LogP contribution in [-0.2, 0) is 11.4 Å². The average Bonchev–Trinajstić information content (AvgIpc) is 3.34. The van der Waals surface area contributed by atoms with E-state index in [0.29, 0.717) is 30.3 Å². The standard InChI is InChI=1S/C19H21N3O6/c1-11(2)17-18(23)20-5-6-22(17)19(24)13-8-26-16(21-13)9-25-12-3-4-14-15(7-12)28-10-27-14/h3-4,7-8,11,17H,5-6,9-10H2,1-2H3,(H,20,23)/t17-/m1/s1. The Kier molecular flexibility index (Phi) is 4.81. The van der Waals surface area contributed by atoms with E-state index >= 15 is 0 Å². The van der Waals surface area contributed by atoms with Crippen LogP contribution in [-0.4, -0.2) is 47.6 Å². The van der Waals surface area contributed by atoms with E-state index in [2.05, 4.69) is 10.3 Å². The van der Waals surface area contributed by atoms with Gasteiger partial charge in [0.25, 0.3) is 5.91 Å². The summed E-state index contributed by atoms with van der Waals surface area (Å²) in [7, 11) is 0. The molecule has 2 aromatic rings. The maximum absolute atomic E-state index is 12.8. The Morgan fingerprint density at radius 1 is 1.36 bits per heavy atom. The molecule has 2 aliphatic heterocycles. The first-order chi connectivity index (χ1) is 13.5. The molecule has 1 atom stereocenters. The van der Waals surface area contributed by atoms with Gasteiger partial charge in [-0.05, 0) is 18.1 Å². The Bertz CT molecular complexity index is 894. The van der Waals surface area contributed by atoms with Gasteiger partial charge in [-0.2, -0.15) is 0 Å². The number of piperazine rings is 1. The third kappa shape index (κ3) is 3.47. The lowest BCUT2D eigenvalue weighted by atomic mass is 9.99. The van der Waals surface area contributed by atoms with Crippen LogP contribution >= 0.6 is 0 Å². The highest BCUT2D eigenvalue weighted by Crippen LogP contribution is 2.35. The van der Waals surface area contributed by atoms with E-state index in [1.807, 2.05) is 13.8 Å². The molecule has 148 valence electrons. The van der Waals surface area contributed by atoms with Crippen LogP contribution in [0, 0.1) is 5.92 Å². The lowest BCUT2D eigenvalue weighted by Gasteiger charge is -2.36. The quantitative estimate of drug-likeness (QED) is 0.831. The van der Waals surface area contributed by atoms with Crippen molar-refractivity contribution in [1.29, 1.82) is 0 Å². The molecule has 1 aromatic heterocycles. The van der Waals surface area contributed by atoms with Crippen LogP contribution in [0.25, 0.3) is 0 Å². The van der Waals surface area contributed by atoms with Crippen molar-refractivity contribution >= 4 is 11.8 Å². The number of benzene rings is 1. The topological polar surface area (TPSA) is 103 Å². The number of hydrogen-bond donors (Lipinski definition) is 1. The van der Waals surface area contributed by atoms with Crippen molar-refractivity contribution in [2.75, 3.05) is 19.9 Å². The van der Waals surface area contributed by atoms with Crippen LogP contribution in [0.4, 0.5) is 0 Å². The zero-order chi connectivity index (χ0) is 19.7. The molecule has 0 bridgehead atoms. The molecule has 2 amide bonds. The van der Waals surface area contributed by atoms with Crippen molar-refractivity contribution in [2.24, 2.45) is 5.92 Å². The van der Waals surface area contributed by atoms with Crippen LogP contribution in [0.5, 0.6) is 17.2 Å². The molecule has 2 aliphatic rings. The fourth-order valence-electron chi connectivity index (χ4n) is 3.31. The molecule has 0 aliphatic carbocycles. The minimum atomic E-state index is -0.522. The maximum atomic E-state index is 12.8. The number of fused-ring (bicyclic) bond motifs is 1. The lowest BCUT2D eigenvalue weighted by molar-refractivity contribution is -0.129. The predicted molar refractivity (Wildman–Crippen MR) is 96.1 cm³/mol. The second-order valence-corrected chi connectivity index (χ2v) is 6.91. The molecule has 9 nitrogen and oxygen atoms in total. The molecule has 0 radical (unpaired) electrons. The maximum Gasteiger partial charge on any atom is 0.276 e. The van der Waals surface area contributed by atoms with E-state index in [4.69, 9.17) is 18.6 Å². The van der Waals surface area contributed by atoms with Crippen LogP contribution in [0.3, 0.4) is 0 Å². The zero-order valence-electron chi connectivity index (χ0n) is 15.6. The second kappa shape index (κ2) is 7.41. The first-order valence-electron chi connectivity index (χ1n) is 9.08. The number of carbonyl (C=O) groups excluding carboxylic acids is 2. The number of aromatic nitrogens is 1. The summed E-state index contributed by atoms with van der Waals surface area (Å²) < 4.78 is 21.6. The van der Waals surface area contributed by atoms with Gasteiger partial charge in [-0.1, -0.05) is 13.8 Å². The summed E-state index contributed by atoms with van der Waals surface area (Å²) in [6.07, 6.45) is 1.30. The van der Waals surface area contributed by atoms with Crippen molar-refractivity contribution in [2.45, 2.75) is 26.5 Å². The Morgan fingerprint density at radius 2 is 2.18 bits per heavy atom. The first-order valence-corrected chi connectivity index (χ1v) is 9.08. The Morgan fingerprint density at radius 3 is 3.00 bits per heavy atom. The van der Waals surface area contributed by atoms with E-state index in [1.165, 1.54) is 6.26 Å². The molecule has 0 unspecified atom stereocenters. The number of hydrogen-bond acceptors (Lipinski definition) is 7. The monoisotopic (exact) mass is 387 g/mol. The average molecular weight is 387 g/mol. The summed E-state index contributed by atoms with van der Waals surface area (Å²) in [5.74, 6) is 1.64. The first kappa shape index (κ1) is 18.1. The van der Waals surface area contributed by atoms with Gasteiger partial charge in [0, 0.05) is 19.2 Å². The van der Waals surface area contributed by atoms with Crippen molar-refractivity contribution in [3.05, 3.63) is 36.0 Å². The zero-order valence-corrected chi connectivity index (χ0v) is 15.6. The molecule has 3 heterocycles. The predicted octanol–water partition coefficient (Wildman–Crippen LogP) is 1.58. The highest BCUT2D eigenvalue weighted by Gasteiger charge is 2.36. The fourth-order valence-corrected chi connectivity index (χ4v) is 3.31. The number of carbonyl (C=O) groups is 2. The third-order valence-electron chi connectivity index (χ3n) is 4.63. The summed E-state index contributed by atoms with van der Waals surface area (Å²) in [6, 6.07) is 4.71. The van der Waals surface area contributed by atoms with Gasteiger partial charge in [0.05, 0.1) is 0 Å². The van der Waals surface area contributed by atoms with Crippen LogP contribution in [0.2, 0.25) is 0 Å². The van der Waals surface area contributed by atoms with Crippen LogP contribution < -0.4 is 19.5 Å². The second-order valence-electron chi connectivity index (χ2n) is 6.91. The molecule has 9 heteroatoms. The van der Waals surface area contributed by atoms with Gasteiger partial charge in [0.1, 0.15) is 18.1 Å². The van der Waals surface area contributed by atoms with E-state index in [0.717, 1.165) is 0 Å². The summed E-state index contributed by atoms with van der Waals surface area (Å²) in [5.41, 5.74) is 0.157. The van der Waals surface area contributed by atoms with Gasteiger partial charge in [-0.3, -0.25) is 9.59 Å². The minimum absolute atomic E-state index is 0.00929. The summed E-state index contributed by atoms with van der Waals surface area (Å²) in [5, 5.41) is 2.80. The fraction of sp³-hybridized carbons (Fsp3) is 0.421. The van der Waals surface area contributed by atoms with Gasteiger partial charge in [0.15, 0.2) is 23.8 Å². The van der Waals surface area contributed by atoms with E-state index in [-0.39, 0.29) is 42.7 Å². The number of amides is 2. The number of nitrogens with zero attached hydrogens (tertiary/aromatic N) is 2. The molecule has 1 saturated heterocycles. The molecular formula is C19H21N3O6. The summed E-state index contributed by atoms with van der Waals surface area (Å²) >= 11 is 0. The molecule has 1 aromatic carbocycles. The molecule has 28 heavy (non-hydrogen) atoms. The Labute approximate surface area is 161 Å². The van der Waals surface area contributed by atoms with Crippen LogP contribution in [0.1, 0.15) is 30.2 Å². The lowest BCUT2D eigenvalue weighted by Crippen LogP contribution is -2.59. The van der Waals surface area contributed by atoms with Gasteiger partial charge in [-0.15, -0.1) is 0 Å². The van der Waals surface area contributed by atoms with Crippen molar-refractivity contribution in [1.82, 2.24) is 15.2 Å². The largest absolute Gasteiger partial charge is 0.484 e. The number of oxazole rings is 1. The molecule has 1 fully saturated rings. The summed E-state index contributed by atoms with van der Waals surface area (Å²) in [6.45, 7) is 4.92. The van der Waals surface area contributed by atoms with E-state index in [9.17, 15) is 9.59 Å². The van der Waals surface area contributed by atoms with Crippen molar-refractivity contribution in [3.8, 4) is 17.2 Å². The molecule has 1 N–H and O–H groups in total. The molecule has 4 rings (SSSR count). The van der Waals surface area contributed by atoms with Crippen molar-refractivity contribution in [3.63, 3.8) is 0 Å². The van der Waals surface area contributed by atoms with E-state index < -0.39 is 6.04 Å². The van der Waals surface area contributed by atoms with Gasteiger partial charge < -0.3 is 28.8 Å². The Hall–Kier alpha value is -3.23. The van der Waals surface area contributed by atoms with Crippen LogP contribution in [0.15, 0.2) is 28.9 Å². The molecule has 0 spiro atoms.